The number of carbonyl (C=O) groups is 1. The van der Waals surface area contributed by atoms with Gasteiger partial charge in [-0.15, -0.1) is 10.2 Å². The van der Waals surface area contributed by atoms with Crippen LogP contribution in [0, 0.1) is 0 Å². The van der Waals surface area contributed by atoms with Crippen molar-refractivity contribution in [3.63, 3.8) is 0 Å². The van der Waals surface area contributed by atoms with E-state index in [2.05, 4.69) is 24.0 Å². The van der Waals surface area contributed by atoms with Crippen molar-refractivity contribution in [3.8, 4) is 0 Å². The van der Waals surface area contributed by atoms with Crippen LogP contribution in [0.15, 0.2) is 41.8 Å². The van der Waals surface area contributed by atoms with Crippen LogP contribution in [0.3, 0.4) is 0 Å². The second-order valence-electron chi connectivity index (χ2n) is 4.88. The van der Waals surface area contributed by atoms with Crippen LogP contribution in [0.5, 0.6) is 0 Å². The number of carbonyl (C=O) groups excluding carboxylic acids is 1. The van der Waals surface area contributed by atoms with Crippen molar-refractivity contribution in [2.24, 2.45) is 0 Å². The molecule has 1 amide bonds. The van der Waals surface area contributed by atoms with Gasteiger partial charge in [-0.3, -0.25) is 4.79 Å². The summed E-state index contributed by atoms with van der Waals surface area (Å²) in [5.41, 5.74) is 0.927. The van der Waals surface area contributed by atoms with E-state index >= 15 is 0 Å². The van der Waals surface area contributed by atoms with E-state index in [0.717, 1.165) is 10.8 Å². The lowest BCUT2D eigenvalue weighted by Crippen LogP contribution is -2.32. The smallest absolute Gasteiger partial charge is 0.237 e. The van der Waals surface area contributed by atoms with Gasteiger partial charge < -0.3 is 9.47 Å². The highest BCUT2D eigenvalue weighted by atomic mass is 32.2. The predicted octanol–water partition coefficient (Wildman–Crippen LogP) is 3.00. The minimum Gasteiger partial charge on any atom is -0.312 e. The molecule has 2 rings (SSSR count). The van der Waals surface area contributed by atoms with Gasteiger partial charge in [0.1, 0.15) is 6.33 Å². The van der Waals surface area contributed by atoms with E-state index in [1.165, 1.54) is 11.8 Å². The van der Waals surface area contributed by atoms with Crippen molar-refractivity contribution in [1.29, 1.82) is 0 Å². The fourth-order valence-corrected chi connectivity index (χ4v) is 2.92. The van der Waals surface area contributed by atoms with Gasteiger partial charge in [0.05, 0.1) is 5.75 Å². The third-order valence-corrected chi connectivity index (χ3v) is 4.05. The number of hydrogen-bond acceptors (Lipinski definition) is 4. The molecule has 1 aromatic carbocycles. The highest BCUT2D eigenvalue weighted by molar-refractivity contribution is 7.99. The minimum atomic E-state index is 0.0759. The van der Waals surface area contributed by atoms with Gasteiger partial charge in [-0.25, -0.2) is 0 Å². The van der Waals surface area contributed by atoms with Gasteiger partial charge in [-0.05, 0) is 32.9 Å². The number of benzene rings is 1. The predicted molar refractivity (Wildman–Crippen MR) is 85.6 cm³/mol. The highest BCUT2D eigenvalue weighted by Crippen LogP contribution is 2.21. The quantitative estimate of drug-likeness (QED) is 0.770. The molecule has 0 fully saturated rings. The van der Waals surface area contributed by atoms with E-state index in [1.807, 2.05) is 41.8 Å². The normalized spacial score (nSPS) is 10.9. The number of aromatic nitrogens is 3. The molecule has 0 aliphatic heterocycles. The number of nitrogens with zero attached hydrogens (tertiary/aromatic N) is 4. The largest absolute Gasteiger partial charge is 0.312 e. The van der Waals surface area contributed by atoms with Crippen molar-refractivity contribution in [3.05, 3.63) is 36.7 Å². The van der Waals surface area contributed by atoms with Gasteiger partial charge in [-0.2, -0.15) is 0 Å². The third-order valence-electron chi connectivity index (χ3n) is 3.11. The maximum absolute atomic E-state index is 12.4. The molecular formula is C15H20N4OS. The first-order valence-corrected chi connectivity index (χ1v) is 7.99. The first kappa shape index (κ1) is 15.6. The van der Waals surface area contributed by atoms with E-state index in [9.17, 15) is 4.79 Å². The molecule has 0 aliphatic carbocycles. The number of rotatable bonds is 6. The topological polar surface area (TPSA) is 51.0 Å². The summed E-state index contributed by atoms with van der Waals surface area (Å²) in [7, 11) is 0. The van der Waals surface area contributed by atoms with Gasteiger partial charge in [-0.1, -0.05) is 30.0 Å². The summed E-state index contributed by atoms with van der Waals surface area (Å²) in [6.45, 7) is 6.77. The molecule has 21 heavy (non-hydrogen) atoms. The number of thioether (sulfide) groups is 1. The number of para-hydroxylation sites is 1. The lowest BCUT2D eigenvalue weighted by atomic mass is 10.3. The Bertz CT molecular complexity index is 582. The Hall–Kier alpha value is -1.82. The van der Waals surface area contributed by atoms with E-state index < -0.39 is 0 Å². The van der Waals surface area contributed by atoms with Crippen molar-refractivity contribution in [2.75, 3.05) is 17.2 Å². The molecule has 0 radical (unpaired) electrons. The lowest BCUT2D eigenvalue weighted by Gasteiger charge is -2.20. The van der Waals surface area contributed by atoms with Crippen molar-refractivity contribution in [1.82, 2.24) is 14.8 Å². The zero-order valence-electron chi connectivity index (χ0n) is 12.6. The number of amides is 1. The van der Waals surface area contributed by atoms with Gasteiger partial charge in [0.15, 0.2) is 5.16 Å². The molecule has 0 atom stereocenters. The summed E-state index contributed by atoms with van der Waals surface area (Å²) in [4.78, 5) is 14.2. The molecule has 0 spiro atoms. The fourth-order valence-electron chi connectivity index (χ4n) is 2.00. The molecule has 0 unspecified atom stereocenters. The van der Waals surface area contributed by atoms with Crippen molar-refractivity contribution >= 4 is 23.4 Å². The summed E-state index contributed by atoms with van der Waals surface area (Å²) in [5, 5.41) is 8.76. The molecule has 112 valence electrons. The molecule has 0 bridgehead atoms. The Kier molecular flexibility index (Phi) is 5.38. The van der Waals surface area contributed by atoms with Crippen molar-refractivity contribution < 1.29 is 4.79 Å². The monoisotopic (exact) mass is 304 g/mol. The SMILES string of the molecule is CCN(C(=O)CSc1nncn1C(C)C)c1ccccc1. The lowest BCUT2D eigenvalue weighted by molar-refractivity contribution is -0.116. The maximum Gasteiger partial charge on any atom is 0.237 e. The summed E-state index contributed by atoms with van der Waals surface area (Å²) in [5.74, 6) is 0.431. The summed E-state index contributed by atoms with van der Waals surface area (Å²) >= 11 is 1.43. The van der Waals surface area contributed by atoms with Gasteiger partial charge in [0.25, 0.3) is 0 Å². The van der Waals surface area contributed by atoms with E-state index in [1.54, 1.807) is 11.2 Å². The molecule has 0 saturated heterocycles. The average Bonchev–Trinajstić information content (AvgIpc) is 2.95. The van der Waals surface area contributed by atoms with Gasteiger partial charge in [0, 0.05) is 18.3 Å². The second-order valence-corrected chi connectivity index (χ2v) is 5.82. The minimum absolute atomic E-state index is 0.0759. The summed E-state index contributed by atoms with van der Waals surface area (Å²) in [6.07, 6.45) is 1.70. The Labute approximate surface area is 129 Å². The van der Waals surface area contributed by atoms with Crippen LogP contribution in [0.25, 0.3) is 0 Å². The summed E-state index contributed by atoms with van der Waals surface area (Å²) in [6, 6.07) is 10.0. The zero-order chi connectivity index (χ0) is 15.2. The van der Waals surface area contributed by atoms with Crippen molar-refractivity contribution in [2.45, 2.75) is 32.0 Å². The Morgan fingerprint density at radius 2 is 2.05 bits per heavy atom. The molecule has 0 N–H and O–H groups in total. The first-order valence-electron chi connectivity index (χ1n) is 7.01. The van der Waals surface area contributed by atoms with E-state index in [4.69, 9.17) is 0 Å². The highest BCUT2D eigenvalue weighted by Gasteiger charge is 2.16. The molecular weight excluding hydrogens is 284 g/mol. The van der Waals surface area contributed by atoms with Gasteiger partial charge >= 0.3 is 0 Å². The molecule has 5 nitrogen and oxygen atoms in total. The van der Waals surface area contributed by atoms with E-state index in [0.29, 0.717) is 12.3 Å². The fraction of sp³-hybridized carbons (Fsp3) is 0.400. The Balaban J connectivity index is 2.02. The molecule has 0 saturated carbocycles. The van der Waals surface area contributed by atoms with Gasteiger partial charge in [0.2, 0.25) is 5.91 Å². The average molecular weight is 304 g/mol. The number of anilines is 1. The Morgan fingerprint density at radius 1 is 1.33 bits per heavy atom. The second kappa shape index (κ2) is 7.26. The molecule has 2 aromatic rings. The molecule has 1 aromatic heterocycles. The third kappa shape index (κ3) is 3.85. The molecule has 6 heteroatoms. The van der Waals surface area contributed by atoms with Crippen LogP contribution >= 0.6 is 11.8 Å². The van der Waals surface area contributed by atoms with Crippen LogP contribution < -0.4 is 4.90 Å². The molecule has 1 heterocycles. The van der Waals surface area contributed by atoms with Crippen LogP contribution in [0.4, 0.5) is 5.69 Å². The van der Waals surface area contributed by atoms with Crippen LogP contribution in [-0.2, 0) is 4.79 Å². The zero-order valence-corrected chi connectivity index (χ0v) is 13.4. The van der Waals surface area contributed by atoms with Crippen LogP contribution in [0.1, 0.15) is 26.8 Å². The standard InChI is InChI=1S/C15H20N4OS/c1-4-18(13-8-6-5-7-9-13)14(20)10-21-15-17-16-11-19(15)12(2)3/h5-9,11-12H,4,10H2,1-3H3. The Morgan fingerprint density at radius 3 is 2.67 bits per heavy atom. The van der Waals surface area contributed by atoms with E-state index in [-0.39, 0.29) is 11.9 Å². The summed E-state index contributed by atoms with van der Waals surface area (Å²) < 4.78 is 1.97. The number of hydrogen-bond donors (Lipinski definition) is 0. The van der Waals surface area contributed by atoms with Crippen LogP contribution in [-0.4, -0.2) is 33.0 Å². The van der Waals surface area contributed by atoms with Crippen LogP contribution in [0.2, 0.25) is 0 Å². The molecule has 0 aliphatic rings. The maximum atomic E-state index is 12.4. The first-order chi connectivity index (χ1) is 10.1.